The molecule has 0 radical (unpaired) electrons. The fourth-order valence-electron chi connectivity index (χ4n) is 2.45. The number of rotatable bonds is 6. The third-order valence-corrected chi connectivity index (χ3v) is 3.64. The maximum atomic E-state index is 11.8. The summed E-state index contributed by atoms with van der Waals surface area (Å²) in [5.74, 6) is 0.452. The van der Waals surface area contributed by atoms with Gasteiger partial charge in [-0.25, -0.2) is 4.79 Å². The van der Waals surface area contributed by atoms with Gasteiger partial charge >= 0.3 is 6.03 Å². The van der Waals surface area contributed by atoms with Crippen molar-refractivity contribution in [3.8, 4) is 0 Å². The first-order valence-electron chi connectivity index (χ1n) is 7.28. The van der Waals surface area contributed by atoms with E-state index in [0.717, 1.165) is 32.5 Å². The average Bonchev–Trinajstić information content (AvgIpc) is 3.01. The van der Waals surface area contributed by atoms with Gasteiger partial charge in [0.15, 0.2) is 0 Å². The lowest BCUT2D eigenvalue weighted by Gasteiger charge is -2.31. The summed E-state index contributed by atoms with van der Waals surface area (Å²) < 4.78 is 5.08. The molecule has 1 unspecified atom stereocenters. The Balaban J connectivity index is 1.65. The molecule has 1 aromatic heterocycles. The smallest absolute Gasteiger partial charge is 0.315 e. The molecule has 2 heterocycles. The molecule has 21 heavy (non-hydrogen) atoms. The number of hydrogen-bond acceptors (Lipinski definition) is 4. The number of nitrogens with one attached hydrogen (secondary N) is 2. The number of aliphatic hydroxyl groups excluding tert-OH is 1. The molecular formula is C15H23N3O3. The van der Waals surface area contributed by atoms with Gasteiger partial charge in [-0.15, -0.1) is 6.58 Å². The van der Waals surface area contributed by atoms with Gasteiger partial charge in [0.05, 0.1) is 12.8 Å². The lowest BCUT2D eigenvalue weighted by atomic mass is 10.1. The predicted octanol–water partition coefficient (Wildman–Crippen LogP) is 1.26. The standard InChI is InChI=1S/C15H23N3O3/c1-2-7-18-8-5-12(6-9-18)17-15(20)16-11-13(19)14-4-3-10-21-14/h2-4,10,12-13,19H,1,5-9,11H2,(H2,16,17,20). The molecule has 1 saturated heterocycles. The molecule has 2 amide bonds. The van der Waals surface area contributed by atoms with Crippen LogP contribution >= 0.6 is 0 Å². The number of nitrogens with zero attached hydrogens (tertiary/aromatic N) is 1. The van der Waals surface area contributed by atoms with E-state index < -0.39 is 6.10 Å². The van der Waals surface area contributed by atoms with E-state index in [2.05, 4.69) is 22.1 Å². The predicted molar refractivity (Wildman–Crippen MR) is 79.9 cm³/mol. The van der Waals surface area contributed by atoms with Gasteiger partial charge in [-0.05, 0) is 25.0 Å². The highest BCUT2D eigenvalue weighted by molar-refractivity contribution is 5.74. The Labute approximate surface area is 124 Å². The number of carbonyl (C=O) groups excluding carboxylic acids is 1. The zero-order chi connectivity index (χ0) is 15.1. The second kappa shape index (κ2) is 7.85. The number of urea groups is 1. The van der Waals surface area contributed by atoms with Crippen molar-refractivity contribution in [2.24, 2.45) is 0 Å². The van der Waals surface area contributed by atoms with Crippen LogP contribution in [-0.2, 0) is 0 Å². The first kappa shape index (κ1) is 15.6. The van der Waals surface area contributed by atoms with Crippen LogP contribution in [-0.4, -0.2) is 48.3 Å². The number of aliphatic hydroxyl groups is 1. The van der Waals surface area contributed by atoms with Crippen molar-refractivity contribution in [2.45, 2.75) is 25.0 Å². The van der Waals surface area contributed by atoms with Gasteiger partial charge in [-0.1, -0.05) is 6.08 Å². The van der Waals surface area contributed by atoms with E-state index in [1.807, 2.05) is 6.08 Å². The molecular weight excluding hydrogens is 270 g/mol. The van der Waals surface area contributed by atoms with Crippen molar-refractivity contribution in [3.63, 3.8) is 0 Å². The molecule has 1 aromatic rings. The summed E-state index contributed by atoms with van der Waals surface area (Å²) in [6.45, 7) is 6.69. The van der Waals surface area contributed by atoms with Crippen molar-refractivity contribution in [1.29, 1.82) is 0 Å². The summed E-state index contributed by atoms with van der Waals surface area (Å²) in [6, 6.07) is 3.32. The minimum Gasteiger partial charge on any atom is -0.467 e. The molecule has 2 rings (SSSR count). The minimum atomic E-state index is -0.819. The molecule has 1 fully saturated rings. The van der Waals surface area contributed by atoms with Crippen molar-refractivity contribution in [1.82, 2.24) is 15.5 Å². The quantitative estimate of drug-likeness (QED) is 0.690. The number of carbonyl (C=O) groups is 1. The van der Waals surface area contributed by atoms with Crippen LogP contribution in [0.4, 0.5) is 4.79 Å². The van der Waals surface area contributed by atoms with Gasteiger partial charge in [0.25, 0.3) is 0 Å². The monoisotopic (exact) mass is 293 g/mol. The van der Waals surface area contributed by atoms with E-state index in [-0.39, 0.29) is 18.6 Å². The van der Waals surface area contributed by atoms with Gasteiger partial charge in [0.2, 0.25) is 0 Å². The van der Waals surface area contributed by atoms with Crippen LogP contribution in [0, 0.1) is 0 Å². The van der Waals surface area contributed by atoms with E-state index in [9.17, 15) is 9.90 Å². The number of piperidine rings is 1. The van der Waals surface area contributed by atoms with Gasteiger partial charge in [-0.2, -0.15) is 0 Å². The summed E-state index contributed by atoms with van der Waals surface area (Å²) in [5.41, 5.74) is 0. The largest absolute Gasteiger partial charge is 0.467 e. The summed E-state index contributed by atoms with van der Waals surface area (Å²) in [7, 11) is 0. The van der Waals surface area contributed by atoms with Crippen LogP contribution < -0.4 is 10.6 Å². The highest BCUT2D eigenvalue weighted by atomic mass is 16.4. The van der Waals surface area contributed by atoms with Gasteiger partial charge in [0.1, 0.15) is 11.9 Å². The lowest BCUT2D eigenvalue weighted by Crippen LogP contribution is -2.48. The summed E-state index contributed by atoms with van der Waals surface area (Å²) in [5, 5.41) is 15.4. The van der Waals surface area contributed by atoms with Crippen LogP contribution in [0.2, 0.25) is 0 Å². The van der Waals surface area contributed by atoms with Gasteiger partial charge < -0.3 is 20.2 Å². The molecule has 1 aliphatic heterocycles. The Morgan fingerprint density at radius 2 is 2.33 bits per heavy atom. The van der Waals surface area contributed by atoms with Gasteiger partial charge in [-0.3, -0.25) is 4.90 Å². The Morgan fingerprint density at radius 3 is 2.95 bits per heavy atom. The number of furan rings is 1. The minimum absolute atomic E-state index is 0.134. The van der Waals surface area contributed by atoms with Crippen LogP contribution in [0.3, 0.4) is 0 Å². The molecule has 1 aliphatic rings. The zero-order valence-electron chi connectivity index (χ0n) is 12.1. The topological polar surface area (TPSA) is 77.7 Å². The normalized spacial score (nSPS) is 18.1. The van der Waals surface area contributed by atoms with Gasteiger partial charge in [0, 0.05) is 25.7 Å². The van der Waals surface area contributed by atoms with Crippen molar-refractivity contribution < 1.29 is 14.3 Å². The second-order valence-corrected chi connectivity index (χ2v) is 5.25. The van der Waals surface area contributed by atoms with E-state index in [0.29, 0.717) is 5.76 Å². The Kier molecular flexibility index (Phi) is 5.83. The molecule has 0 aromatic carbocycles. The summed E-state index contributed by atoms with van der Waals surface area (Å²) in [6.07, 6.45) is 4.44. The average molecular weight is 293 g/mol. The summed E-state index contributed by atoms with van der Waals surface area (Å²) >= 11 is 0. The maximum Gasteiger partial charge on any atom is 0.315 e. The molecule has 1 atom stereocenters. The fraction of sp³-hybridized carbons (Fsp3) is 0.533. The van der Waals surface area contributed by atoms with E-state index in [1.54, 1.807) is 12.1 Å². The van der Waals surface area contributed by atoms with Crippen LogP contribution in [0.15, 0.2) is 35.5 Å². The van der Waals surface area contributed by atoms with E-state index in [4.69, 9.17) is 4.42 Å². The first-order chi connectivity index (χ1) is 10.2. The SMILES string of the molecule is C=CCN1CCC(NC(=O)NCC(O)c2ccco2)CC1. The maximum absolute atomic E-state index is 11.8. The molecule has 0 saturated carbocycles. The Morgan fingerprint density at radius 1 is 1.57 bits per heavy atom. The van der Waals surface area contributed by atoms with Crippen LogP contribution in [0.1, 0.15) is 24.7 Å². The Hall–Kier alpha value is -1.79. The molecule has 6 nitrogen and oxygen atoms in total. The van der Waals surface area contributed by atoms with E-state index >= 15 is 0 Å². The summed E-state index contributed by atoms with van der Waals surface area (Å²) in [4.78, 5) is 14.1. The van der Waals surface area contributed by atoms with Crippen molar-refractivity contribution in [2.75, 3.05) is 26.2 Å². The second-order valence-electron chi connectivity index (χ2n) is 5.25. The molecule has 3 N–H and O–H groups in total. The molecule has 0 aliphatic carbocycles. The van der Waals surface area contributed by atoms with Crippen LogP contribution in [0.5, 0.6) is 0 Å². The fourth-order valence-corrected chi connectivity index (χ4v) is 2.45. The number of amides is 2. The van der Waals surface area contributed by atoms with Crippen LogP contribution in [0.25, 0.3) is 0 Å². The molecule has 0 spiro atoms. The molecule has 6 heteroatoms. The molecule has 0 bridgehead atoms. The number of hydrogen-bond donors (Lipinski definition) is 3. The van der Waals surface area contributed by atoms with Crippen molar-refractivity contribution >= 4 is 6.03 Å². The third-order valence-electron chi connectivity index (χ3n) is 3.64. The zero-order valence-corrected chi connectivity index (χ0v) is 12.1. The third kappa shape index (κ3) is 4.91. The Bertz CT molecular complexity index is 439. The molecule has 116 valence electrons. The highest BCUT2D eigenvalue weighted by Gasteiger charge is 2.20. The highest BCUT2D eigenvalue weighted by Crippen LogP contribution is 2.12. The first-order valence-corrected chi connectivity index (χ1v) is 7.28. The lowest BCUT2D eigenvalue weighted by molar-refractivity contribution is 0.146. The van der Waals surface area contributed by atoms with E-state index in [1.165, 1.54) is 6.26 Å². The number of likely N-dealkylation sites (tertiary alicyclic amines) is 1. The van der Waals surface area contributed by atoms with Crippen molar-refractivity contribution in [3.05, 3.63) is 36.8 Å².